The number of hydrogen-bond acceptors (Lipinski definition) is 5. The van der Waals surface area contributed by atoms with E-state index in [1.165, 1.54) is 7.11 Å². The summed E-state index contributed by atoms with van der Waals surface area (Å²) in [7, 11) is 1.36. The van der Waals surface area contributed by atoms with Gasteiger partial charge in [0.25, 0.3) is 0 Å². The van der Waals surface area contributed by atoms with Gasteiger partial charge in [0.05, 0.1) is 18.8 Å². The zero-order valence-electron chi connectivity index (χ0n) is 14.9. The molecule has 5 heteroatoms. The second-order valence-corrected chi connectivity index (χ2v) is 5.83. The molecular weight excluding hydrogens is 332 g/mol. The molecule has 26 heavy (non-hydrogen) atoms. The van der Waals surface area contributed by atoms with Gasteiger partial charge in [-0.3, -0.25) is 0 Å². The Labute approximate surface area is 152 Å². The number of carbonyl (C=O) groups is 1. The molecule has 3 rings (SSSR count). The van der Waals surface area contributed by atoms with Crippen molar-refractivity contribution in [1.29, 1.82) is 0 Å². The molecule has 0 aliphatic heterocycles. The monoisotopic (exact) mass is 354 g/mol. The van der Waals surface area contributed by atoms with Gasteiger partial charge >= 0.3 is 5.97 Å². The minimum absolute atomic E-state index is 0.378. The molecule has 3 aromatic rings. The van der Waals surface area contributed by atoms with E-state index in [1.54, 1.807) is 6.26 Å². The zero-order chi connectivity index (χ0) is 18.4. The molecule has 0 aliphatic carbocycles. The molecule has 1 heterocycles. The van der Waals surface area contributed by atoms with E-state index in [1.807, 2.05) is 55.5 Å². The van der Waals surface area contributed by atoms with Crippen molar-refractivity contribution in [2.75, 3.05) is 13.7 Å². The summed E-state index contributed by atoms with van der Waals surface area (Å²) in [6.07, 6.45) is 1.34. The van der Waals surface area contributed by atoms with Crippen LogP contribution in [0.15, 0.2) is 59.2 Å². The van der Waals surface area contributed by atoms with Gasteiger partial charge in [0.2, 0.25) is 0 Å². The number of furan rings is 1. The number of methoxy groups -OCH3 is 1. The van der Waals surface area contributed by atoms with Crippen LogP contribution in [0.3, 0.4) is 0 Å². The van der Waals surface area contributed by atoms with E-state index >= 15 is 0 Å². The fourth-order valence-electron chi connectivity index (χ4n) is 2.86. The molecule has 136 valence electrons. The Morgan fingerprint density at radius 3 is 2.65 bits per heavy atom. The second kappa shape index (κ2) is 8.54. The van der Waals surface area contributed by atoms with Crippen LogP contribution in [0.25, 0.3) is 11.0 Å². The van der Waals surface area contributed by atoms with Crippen LogP contribution < -0.4 is 4.74 Å². The van der Waals surface area contributed by atoms with Crippen LogP contribution in [-0.2, 0) is 27.3 Å². The van der Waals surface area contributed by atoms with Crippen LogP contribution in [0.2, 0.25) is 0 Å². The third kappa shape index (κ3) is 4.06. The summed E-state index contributed by atoms with van der Waals surface area (Å²) < 4.78 is 21.9. The van der Waals surface area contributed by atoms with Crippen molar-refractivity contribution in [2.45, 2.75) is 26.1 Å². The predicted molar refractivity (Wildman–Crippen MR) is 98.1 cm³/mol. The molecule has 1 unspecified atom stereocenters. The van der Waals surface area contributed by atoms with Gasteiger partial charge < -0.3 is 18.6 Å². The number of hydrogen-bond donors (Lipinski definition) is 0. The Hall–Kier alpha value is -2.79. The smallest absolute Gasteiger partial charge is 0.335 e. The molecule has 1 aromatic heterocycles. The van der Waals surface area contributed by atoms with Gasteiger partial charge in [-0.05, 0) is 30.2 Å². The molecule has 0 spiro atoms. The number of rotatable bonds is 8. The Balaban J connectivity index is 1.81. The van der Waals surface area contributed by atoms with Gasteiger partial charge in [-0.1, -0.05) is 36.4 Å². The molecule has 0 bridgehead atoms. The Kier molecular flexibility index (Phi) is 5.92. The number of ether oxygens (including phenoxy) is 3. The summed E-state index contributed by atoms with van der Waals surface area (Å²) in [5.41, 5.74) is 2.67. The summed E-state index contributed by atoms with van der Waals surface area (Å²) in [5, 5.41) is 0.874. The van der Waals surface area contributed by atoms with E-state index in [2.05, 4.69) is 0 Å². The van der Waals surface area contributed by atoms with E-state index in [9.17, 15) is 4.79 Å². The van der Waals surface area contributed by atoms with Crippen LogP contribution in [0, 0.1) is 0 Å². The van der Waals surface area contributed by atoms with Gasteiger partial charge in [0.15, 0.2) is 6.10 Å². The molecule has 0 amide bonds. The van der Waals surface area contributed by atoms with Crippen LogP contribution in [0.4, 0.5) is 0 Å². The van der Waals surface area contributed by atoms with Crippen molar-refractivity contribution in [3.63, 3.8) is 0 Å². The fourth-order valence-corrected chi connectivity index (χ4v) is 2.86. The maximum absolute atomic E-state index is 11.9. The minimum Gasteiger partial charge on any atom is -0.488 e. The van der Waals surface area contributed by atoms with Crippen molar-refractivity contribution in [2.24, 2.45) is 0 Å². The van der Waals surface area contributed by atoms with E-state index in [0.29, 0.717) is 25.2 Å². The highest BCUT2D eigenvalue weighted by molar-refractivity contribution is 5.87. The highest BCUT2D eigenvalue weighted by atomic mass is 16.6. The molecule has 0 aliphatic rings. The molecule has 2 aromatic carbocycles. The highest BCUT2D eigenvalue weighted by Gasteiger charge is 2.22. The lowest BCUT2D eigenvalue weighted by atomic mass is 10.0. The van der Waals surface area contributed by atoms with E-state index in [4.69, 9.17) is 18.6 Å². The first kappa shape index (κ1) is 18.0. The summed E-state index contributed by atoms with van der Waals surface area (Å²) in [4.78, 5) is 11.9. The zero-order valence-corrected chi connectivity index (χ0v) is 14.9. The average Bonchev–Trinajstić information content (AvgIpc) is 3.17. The maximum atomic E-state index is 11.9. The lowest BCUT2D eigenvalue weighted by Gasteiger charge is -2.15. The van der Waals surface area contributed by atoms with Gasteiger partial charge in [0, 0.05) is 13.0 Å². The van der Waals surface area contributed by atoms with Crippen LogP contribution in [0.5, 0.6) is 5.75 Å². The first-order valence-corrected chi connectivity index (χ1v) is 8.58. The Morgan fingerprint density at radius 1 is 1.12 bits per heavy atom. The van der Waals surface area contributed by atoms with Crippen molar-refractivity contribution < 1.29 is 23.4 Å². The van der Waals surface area contributed by atoms with Gasteiger partial charge in [-0.25, -0.2) is 4.79 Å². The van der Waals surface area contributed by atoms with E-state index in [0.717, 1.165) is 22.3 Å². The lowest BCUT2D eigenvalue weighted by molar-refractivity contribution is -0.153. The van der Waals surface area contributed by atoms with E-state index in [-0.39, 0.29) is 0 Å². The maximum Gasteiger partial charge on any atom is 0.335 e. The Morgan fingerprint density at radius 2 is 1.92 bits per heavy atom. The van der Waals surface area contributed by atoms with Crippen molar-refractivity contribution in [3.05, 3.63) is 65.9 Å². The molecule has 0 radical (unpaired) electrons. The summed E-state index contributed by atoms with van der Waals surface area (Å²) in [6.45, 7) is 2.75. The molecule has 5 nitrogen and oxygen atoms in total. The second-order valence-electron chi connectivity index (χ2n) is 5.83. The van der Waals surface area contributed by atoms with Crippen LogP contribution in [0.1, 0.15) is 18.1 Å². The number of fused-ring (bicyclic) bond motifs is 1. The molecule has 0 saturated heterocycles. The average molecular weight is 354 g/mol. The summed E-state index contributed by atoms with van der Waals surface area (Å²) in [6, 6.07) is 15.6. The van der Waals surface area contributed by atoms with Gasteiger partial charge in [-0.15, -0.1) is 0 Å². The highest BCUT2D eigenvalue weighted by Crippen LogP contribution is 2.31. The number of esters is 1. The third-order valence-electron chi connectivity index (χ3n) is 4.13. The predicted octanol–water partition coefficient (Wildman–Crippen LogP) is 4.13. The first-order valence-electron chi connectivity index (χ1n) is 8.58. The van der Waals surface area contributed by atoms with Crippen molar-refractivity contribution >= 4 is 16.9 Å². The van der Waals surface area contributed by atoms with E-state index < -0.39 is 12.1 Å². The van der Waals surface area contributed by atoms with Crippen LogP contribution in [-0.4, -0.2) is 25.8 Å². The first-order chi connectivity index (χ1) is 12.7. The molecule has 1 atom stereocenters. The number of benzene rings is 2. The molecule has 0 N–H and O–H groups in total. The van der Waals surface area contributed by atoms with Crippen LogP contribution >= 0.6 is 0 Å². The Bertz CT molecular complexity index is 853. The van der Waals surface area contributed by atoms with Crippen molar-refractivity contribution in [3.8, 4) is 5.75 Å². The molecule has 0 saturated carbocycles. The minimum atomic E-state index is -0.658. The molecule has 0 fully saturated rings. The third-order valence-corrected chi connectivity index (χ3v) is 4.13. The summed E-state index contributed by atoms with van der Waals surface area (Å²) in [5.74, 6) is 0.350. The topological polar surface area (TPSA) is 57.9 Å². The standard InChI is InChI=1S/C21H22O5/c1-3-24-19(21(22)23-2)13-16-9-10-18(17-11-12-25-20(16)17)26-14-15-7-5-4-6-8-15/h4-12,19H,3,13-14H2,1-2H3. The summed E-state index contributed by atoms with van der Waals surface area (Å²) >= 11 is 0. The SMILES string of the molecule is CCOC(Cc1ccc(OCc2ccccc2)c2ccoc12)C(=O)OC. The van der Waals surface area contributed by atoms with Gasteiger partial charge in [0.1, 0.15) is 17.9 Å². The molecular formula is C21H22O5. The normalized spacial score (nSPS) is 12.1. The quantitative estimate of drug-likeness (QED) is 0.569. The van der Waals surface area contributed by atoms with Crippen molar-refractivity contribution in [1.82, 2.24) is 0 Å². The largest absolute Gasteiger partial charge is 0.488 e. The van der Waals surface area contributed by atoms with Gasteiger partial charge in [-0.2, -0.15) is 0 Å². The lowest BCUT2D eigenvalue weighted by Crippen LogP contribution is -2.28. The number of carbonyl (C=O) groups excluding carboxylic acids is 1. The fraction of sp³-hybridized carbons (Fsp3) is 0.286.